The molecule has 0 saturated heterocycles. The van der Waals surface area contributed by atoms with Crippen LogP contribution >= 0.6 is 0 Å². The molecule has 0 unspecified atom stereocenters. The number of nitrogens with one attached hydrogen (secondary N) is 1. The Morgan fingerprint density at radius 3 is 2.70 bits per heavy atom. The van der Waals surface area contributed by atoms with Gasteiger partial charge in [0.15, 0.2) is 0 Å². The first-order valence-corrected chi connectivity index (χ1v) is 10.1. The van der Waals surface area contributed by atoms with Crippen molar-refractivity contribution in [2.75, 3.05) is 16.8 Å². The molecule has 0 spiro atoms. The molecule has 0 bridgehead atoms. The highest BCUT2D eigenvalue weighted by molar-refractivity contribution is 5.95. The van der Waals surface area contributed by atoms with Crippen LogP contribution < -0.4 is 15.8 Å². The van der Waals surface area contributed by atoms with Crippen LogP contribution in [0.5, 0.6) is 0 Å². The summed E-state index contributed by atoms with van der Waals surface area (Å²) in [6, 6.07) is 11.4. The van der Waals surface area contributed by atoms with E-state index in [2.05, 4.69) is 5.32 Å². The molecule has 2 heterocycles. The molecule has 6 nitrogen and oxygen atoms in total. The van der Waals surface area contributed by atoms with E-state index >= 15 is 0 Å². The van der Waals surface area contributed by atoms with Crippen LogP contribution in [-0.4, -0.2) is 18.4 Å². The molecule has 1 aliphatic heterocycles. The van der Waals surface area contributed by atoms with Crippen LogP contribution in [0.2, 0.25) is 0 Å². The van der Waals surface area contributed by atoms with Gasteiger partial charge in [0.1, 0.15) is 5.58 Å². The third-order valence-electron chi connectivity index (χ3n) is 5.68. The molecular formula is C24H24N2O4. The van der Waals surface area contributed by atoms with E-state index in [0.29, 0.717) is 29.8 Å². The van der Waals surface area contributed by atoms with E-state index in [1.807, 2.05) is 44.2 Å². The molecule has 154 valence electrons. The van der Waals surface area contributed by atoms with E-state index in [4.69, 9.17) is 4.42 Å². The zero-order valence-corrected chi connectivity index (χ0v) is 17.4. The van der Waals surface area contributed by atoms with E-state index < -0.39 is 0 Å². The predicted molar refractivity (Wildman–Crippen MR) is 117 cm³/mol. The Kier molecular flexibility index (Phi) is 5.16. The third kappa shape index (κ3) is 3.73. The van der Waals surface area contributed by atoms with Crippen molar-refractivity contribution in [3.63, 3.8) is 0 Å². The van der Waals surface area contributed by atoms with E-state index in [1.54, 1.807) is 17.9 Å². The SMILES string of the molecule is CC(=O)N1CCc2cc(NC(=O)CCc3c(C)c4ccc(C)cc4oc3=O)ccc21. The van der Waals surface area contributed by atoms with Gasteiger partial charge < -0.3 is 14.6 Å². The Labute approximate surface area is 174 Å². The first-order chi connectivity index (χ1) is 14.3. The highest BCUT2D eigenvalue weighted by atomic mass is 16.4. The largest absolute Gasteiger partial charge is 0.423 e. The highest BCUT2D eigenvalue weighted by Gasteiger charge is 2.22. The summed E-state index contributed by atoms with van der Waals surface area (Å²) >= 11 is 0. The van der Waals surface area contributed by atoms with Gasteiger partial charge in [0, 0.05) is 42.2 Å². The van der Waals surface area contributed by atoms with Gasteiger partial charge in [0.25, 0.3) is 0 Å². The summed E-state index contributed by atoms with van der Waals surface area (Å²) in [5.74, 6) is -0.149. The molecule has 1 aromatic heterocycles. The number of carbonyl (C=O) groups excluding carboxylic acids is 2. The Balaban J connectivity index is 1.46. The summed E-state index contributed by atoms with van der Waals surface area (Å²) in [7, 11) is 0. The number of hydrogen-bond acceptors (Lipinski definition) is 4. The maximum absolute atomic E-state index is 12.5. The van der Waals surface area contributed by atoms with Crippen molar-refractivity contribution in [2.24, 2.45) is 0 Å². The quantitative estimate of drug-likeness (QED) is 0.669. The van der Waals surface area contributed by atoms with E-state index in [0.717, 1.165) is 34.2 Å². The van der Waals surface area contributed by atoms with Gasteiger partial charge >= 0.3 is 5.63 Å². The zero-order chi connectivity index (χ0) is 21.4. The van der Waals surface area contributed by atoms with Crippen LogP contribution in [0.3, 0.4) is 0 Å². The molecule has 0 aliphatic carbocycles. The second kappa shape index (κ2) is 7.78. The van der Waals surface area contributed by atoms with Crippen LogP contribution in [0.15, 0.2) is 45.6 Å². The predicted octanol–water partition coefficient (Wildman–Crippen LogP) is 3.89. The van der Waals surface area contributed by atoms with Crippen molar-refractivity contribution in [3.05, 3.63) is 69.1 Å². The lowest BCUT2D eigenvalue weighted by molar-refractivity contribution is -0.117. The van der Waals surface area contributed by atoms with Crippen LogP contribution in [0.1, 0.15) is 35.6 Å². The zero-order valence-electron chi connectivity index (χ0n) is 17.4. The lowest BCUT2D eigenvalue weighted by Gasteiger charge is -2.15. The number of nitrogens with zero attached hydrogens (tertiary/aromatic N) is 1. The second-order valence-electron chi connectivity index (χ2n) is 7.81. The lowest BCUT2D eigenvalue weighted by Crippen LogP contribution is -2.25. The molecule has 30 heavy (non-hydrogen) atoms. The molecule has 4 rings (SSSR count). The van der Waals surface area contributed by atoms with Crippen LogP contribution in [0, 0.1) is 13.8 Å². The van der Waals surface area contributed by atoms with Gasteiger partial charge in [-0.25, -0.2) is 4.79 Å². The first-order valence-electron chi connectivity index (χ1n) is 10.1. The molecule has 0 radical (unpaired) electrons. The molecule has 1 aliphatic rings. The topological polar surface area (TPSA) is 79.6 Å². The van der Waals surface area contributed by atoms with Gasteiger partial charge in [-0.3, -0.25) is 9.59 Å². The van der Waals surface area contributed by atoms with Gasteiger partial charge in [-0.05, 0) is 67.6 Å². The molecule has 2 amide bonds. The van der Waals surface area contributed by atoms with Crippen molar-refractivity contribution < 1.29 is 14.0 Å². The Morgan fingerprint density at radius 2 is 1.93 bits per heavy atom. The van der Waals surface area contributed by atoms with Crippen molar-refractivity contribution >= 4 is 34.2 Å². The number of carbonyl (C=O) groups is 2. The van der Waals surface area contributed by atoms with E-state index in [1.165, 1.54) is 0 Å². The van der Waals surface area contributed by atoms with Gasteiger partial charge in [-0.1, -0.05) is 12.1 Å². The molecule has 3 aromatic rings. The number of amides is 2. The van der Waals surface area contributed by atoms with Crippen molar-refractivity contribution in [2.45, 2.75) is 40.0 Å². The number of hydrogen-bond donors (Lipinski definition) is 1. The summed E-state index contributed by atoms with van der Waals surface area (Å²) in [4.78, 5) is 38.3. The standard InChI is InChI=1S/C24H24N2O4/c1-14-4-6-19-15(2)20(24(29)30-22(19)12-14)7-9-23(28)25-18-5-8-21-17(13-18)10-11-26(21)16(3)27/h4-6,8,12-13H,7,9-11H2,1-3H3,(H,25,28). The maximum atomic E-state index is 12.5. The molecule has 0 saturated carbocycles. The minimum Gasteiger partial charge on any atom is -0.423 e. The van der Waals surface area contributed by atoms with Gasteiger partial charge in [-0.2, -0.15) is 0 Å². The fraction of sp³-hybridized carbons (Fsp3) is 0.292. The lowest BCUT2D eigenvalue weighted by atomic mass is 10.0. The Hall–Kier alpha value is -3.41. The normalized spacial score (nSPS) is 12.8. The molecule has 0 fully saturated rings. The summed E-state index contributed by atoms with van der Waals surface area (Å²) in [6.45, 7) is 6.06. The van der Waals surface area contributed by atoms with Crippen molar-refractivity contribution in [3.8, 4) is 0 Å². The highest BCUT2D eigenvalue weighted by Crippen LogP contribution is 2.30. The summed E-state index contributed by atoms with van der Waals surface area (Å²) in [6.07, 6.45) is 1.27. The third-order valence-corrected chi connectivity index (χ3v) is 5.68. The van der Waals surface area contributed by atoms with E-state index in [-0.39, 0.29) is 23.9 Å². The fourth-order valence-corrected chi connectivity index (χ4v) is 4.06. The fourth-order valence-electron chi connectivity index (χ4n) is 4.06. The average molecular weight is 404 g/mol. The smallest absolute Gasteiger partial charge is 0.339 e. The van der Waals surface area contributed by atoms with Gasteiger partial charge in [0.2, 0.25) is 11.8 Å². The number of anilines is 2. The van der Waals surface area contributed by atoms with Crippen LogP contribution in [0.4, 0.5) is 11.4 Å². The Bertz CT molecular complexity index is 1230. The summed E-state index contributed by atoms with van der Waals surface area (Å²) < 4.78 is 5.47. The molecular weight excluding hydrogens is 380 g/mol. The van der Waals surface area contributed by atoms with Crippen molar-refractivity contribution in [1.29, 1.82) is 0 Å². The van der Waals surface area contributed by atoms with Gasteiger partial charge in [0.05, 0.1) is 0 Å². The minimum atomic E-state index is -0.389. The van der Waals surface area contributed by atoms with E-state index in [9.17, 15) is 14.4 Å². The van der Waals surface area contributed by atoms with Gasteiger partial charge in [-0.15, -0.1) is 0 Å². The average Bonchev–Trinajstić information content (AvgIpc) is 3.11. The number of fused-ring (bicyclic) bond motifs is 2. The van der Waals surface area contributed by atoms with Crippen LogP contribution in [0.25, 0.3) is 11.0 Å². The molecule has 1 N–H and O–H groups in total. The summed E-state index contributed by atoms with van der Waals surface area (Å²) in [5.41, 5.74) is 5.25. The monoisotopic (exact) mass is 404 g/mol. The van der Waals surface area contributed by atoms with Crippen LogP contribution in [-0.2, 0) is 22.4 Å². The molecule has 0 atom stereocenters. The first kappa shape index (κ1) is 19.9. The van der Waals surface area contributed by atoms with Crippen molar-refractivity contribution in [1.82, 2.24) is 0 Å². The second-order valence-corrected chi connectivity index (χ2v) is 7.81. The number of aryl methyl sites for hydroxylation is 2. The number of rotatable bonds is 4. The number of benzene rings is 2. The summed E-state index contributed by atoms with van der Waals surface area (Å²) in [5, 5.41) is 3.79. The molecule has 2 aromatic carbocycles. The maximum Gasteiger partial charge on any atom is 0.339 e. The molecule has 6 heteroatoms. The Morgan fingerprint density at radius 1 is 1.13 bits per heavy atom. The minimum absolute atomic E-state index is 0.0188.